The van der Waals surface area contributed by atoms with Crippen molar-refractivity contribution < 1.29 is 19.0 Å². The lowest BCUT2D eigenvalue weighted by Gasteiger charge is -2.45. The standard InChI is InChI=1S/C15H16FN3O3/c16-13-2-1-10(5-11(13)6-17)14-8-18-3-4-19(15(20)21)7-12(18)9-22-14/h1-2,5,12,14H,3-4,7-9H2,(H,20,21)/t12-,14?/m1/s1. The van der Waals surface area contributed by atoms with E-state index in [2.05, 4.69) is 4.90 Å². The number of amides is 1. The molecule has 0 radical (unpaired) electrons. The smallest absolute Gasteiger partial charge is 0.407 e. The zero-order chi connectivity index (χ0) is 15.7. The summed E-state index contributed by atoms with van der Waals surface area (Å²) in [7, 11) is 0. The highest BCUT2D eigenvalue weighted by Crippen LogP contribution is 2.28. The number of carboxylic acid groups (broad SMARTS) is 1. The SMILES string of the molecule is N#Cc1cc(C2CN3CCN(C(=O)O)C[C@@H]3CO2)ccc1F. The third-order valence-corrected chi connectivity index (χ3v) is 4.25. The summed E-state index contributed by atoms with van der Waals surface area (Å²) >= 11 is 0. The average molecular weight is 305 g/mol. The molecular formula is C15H16FN3O3. The lowest BCUT2D eigenvalue weighted by molar-refractivity contribution is -0.0866. The number of carbonyl (C=O) groups is 1. The number of hydrogen-bond acceptors (Lipinski definition) is 4. The van der Waals surface area contributed by atoms with Gasteiger partial charge in [0.1, 0.15) is 11.9 Å². The number of morpholine rings is 1. The third-order valence-electron chi connectivity index (χ3n) is 4.25. The van der Waals surface area contributed by atoms with E-state index in [1.54, 1.807) is 6.07 Å². The van der Waals surface area contributed by atoms with Crippen LogP contribution in [0.3, 0.4) is 0 Å². The minimum Gasteiger partial charge on any atom is -0.465 e. The highest BCUT2D eigenvalue weighted by Gasteiger charge is 2.35. The monoisotopic (exact) mass is 305 g/mol. The molecule has 22 heavy (non-hydrogen) atoms. The number of benzene rings is 1. The summed E-state index contributed by atoms with van der Waals surface area (Å²) in [4.78, 5) is 14.6. The third kappa shape index (κ3) is 2.75. The molecule has 1 N–H and O–H groups in total. The van der Waals surface area contributed by atoms with Crippen LogP contribution in [0, 0.1) is 17.1 Å². The van der Waals surface area contributed by atoms with Gasteiger partial charge < -0.3 is 14.7 Å². The molecule has 6 nitrogen and oxygen atoms in total. The lowest BCUT2D eigenvalue weighted by Crippen LogP contribution is -2.59. The van der Waals surface area contributed by atoms with Crippen molar-refractivity contribution >= 4 is 6.09 Å². The molecule has 0 aromatic heterocycles. The number of piperazine rings is 1. The summed E-state index contributed by atoms with van der Waals surface area (Å²) in [5.41, 5.74) is 0.788. The molecule has 0 aliphatic carbocycles. The summed E-state index contributed by atoms with van der Waals surface area (Å²) in [6.07, 6.45) is -1.13. The predicted octanol–water partition coefficient (Wildman–Crippen LogP) is 1.43. The van der Waals surface area contributed by atoms with Gasteiger partial charge in [0.05, 0.1) is 24.3 Å². The fourth-order valence-corrected chi connectivity index (χ4v) is 2.99. The van der Waals surface area contributed by atoms with E-state index in [-0.39, 0.29) is 17.7 Å². The first-order valence-electron chi connectivity index (χ1n) is 7.11. The van der Waals surface area contributed by atoms with E-state index in [1.807, 2.05) is 6.07 Å². The molecule has 116 valence electrons. The lowest BCUT2D eigenvalue weighted by atomic mass is 10.0. The fraction of sp³-hybridized carbons (Fsp3) is 0.467. The Balaban J connectivity index is 1.71. The van der Waals surface area contributed by atoms with Crippen LogP contribution in [-0.4, -0.2) is 59.8 Å². The second-order valence-corrected chi connectivity index (χ2v) is 5.55. The highest BCUT2D eigenvalue weighted by molar-refractivity contribution is 5.65. The summed E-state index contributed by atoms with van der Waals surface area (Å²) in [5, 5.41) is 18.0. The Morgan fingerprint density at radius 1 is 1.41 bits per heavy atom. The quantitative estimate of drug-likeness (QED) is 0.849. The van der Waals surface area contributed by atoms with Crippen LogP contribution in [0.1, 0.15) is 17.2 Å². The Morgan fingerprint density at radius 2 is 2.23 bits per heavy atom. The van der Waals surface area contributed by atoms with Gasteiger partial charge in [-0.3, -0.25) is 4.90 Å². The van der Waals surface area contributed by atoms with E-state index in [0.29, 0.717) is 32.8 Å². The van der Waals surface area contributed by atoms with Crippen LogP contribution in [0.2, 0.25) is 0 Å². The molecule has 0 saturated carbocycles. The Kier molecular flexibility index (Phi) is 3.96. The minimum atomic E-state index is -0.904. The number of rotatable bonds is 1. The molecule has 2 aliphatic heterocycles. The second kappa shape index (κ2) is 5.91. The Labute approximate surface area is 127 Å². The van der Waals surface area contributed by atoms with E-state index in [4.69, 9.17) is 15.1 Å². The summed E-state index contributed by atoms with van der Waals surface area (Å²) < 4.78 is 19.2. The van der Waals surface area contributed by atoms with Gasteiger partial charge in [-0.25, -0.2) is 9.18 Å². The molecule has 2 atom stereocenters. The number of halogens is 1. The average Bonchev–Trinajstić information content (AvgIpc) is 2.54. The maximum Gasteiger partial charge on any atom is 0.407 e. The molecule has 1 unspecified atom stereocenters. The molecule has 2 fully saturated rings. The zero-order valence-electron chi connectivity index (χ0n) is 11.9. The van der Waals surface area contributed by atoms with Crippen molar-refractivity contribution in [2.45, 2.75) is 12.1 Å². The van der Waals surface area contributed by atoms with Crippen LogP contribution in [0.25, 0.3) is 0 Å². The van der Waals surface area contributed by atoms with Crippen molar-refractivity contribution in [1.29, 1.82) is 5.26 Å². The van der Waals surface area contributed by atoms with Crippen LogP contribution in [-0.2, 0) is 4.74 Å². The Morgan fingerprint density at radius 3 is 2.95 bits per heavy atom. The van der Waals surface area contributed by atoms with E-state index in [0.717, 1.165) is 5.56 Å². The molecular weight excluding hydrogens is 289 g/mol. The fourth-order valence-electron chi connectivity index (χ4n) is 2.99. The summed E-state index contributed by atoms with van der Waals surface area (Å²) in [6.45, 7) is 2.62. The highest BCUT2D eigenvalue weighted by atomic mass is 19.1. The van der Waals surface area contributed by atoms with Gasteiger partial charge in [0, 0.05) is 26.2 Å². The first-order chi connectivity index (χ1) is 10.6. The Bertz CT molecular complexity index is 631. The van der Waals surface area contributed by atoms with E-state index in [1.165, 1.54) is 17.0 Å². The van der Waals surface area contributed by atoms with E-state index >= 15 is 0 Å². The van der Waals surface area contributed by atoms with Crippen molar-refractivity contribution in [2.75, 3.05) is 32.8 Å². The molecule has 1 amide bonds. The minimum absolute atomic E-state index is 0.0129. The second-order valence-electron chi connectivity index (χ2n) is 5.55. The van der Waals surface area contributed by atoms with Crippen molar-refractivity contribution in [1.82, 2.24) is 9.80 Å². The predicted molar refractivity (Wildman–Crippen MR) is 74.8 cm³/mol. The molecule has 1 aromatic carbocycles. The van der Waals surface area contributed by atoms with Crippen molar-refractivity contribution in [3.8, 4) is 6.07 Å². The molecule has 3 rings (SSSR count). The first-order valence-corrected chi connectivity index (χ1v) is 7.11. The number of nitriles is 1. The molecule has 7 heteroatoms. The normalized spacial score (nSPS) is 25.4. The first kappa shape index (κ1) is 14.8. The van der Waals surface area contributed by atoms with Gasteiger partial charge >= 0.3 is 6.09 Å². The van der Waals surface area contributed by atoms with E-state index < -0.39 is 11.9 Å². The van der Waals surface area contributed by atoms with Gasteiger partial charge in [0.2, 0.25) is 0 Å². The summed E-state index contributed by atoms with van der Waals surface area (Å²) in [6, 6.07) is 6.32. The van der Waals surface area contributed by atoms with E-state index in [9.17, 15) is 9.18 Å². The maximum absolute atomic E-state index is 13.4. The van der Waals surface area contributed by atoms with Gasteiger partial charge in [-0.05, 0) is 17.7 Å². The number of hydrogen-bond donors (Lipinski definition) is 1. The number of fused-ring (bicyclic) bond motifs is 1. The van der Waals surface area contributed by atoms with Gasteiger partial charge in [-0.2, -0.15) is 5.26 Å². The van der Waals surface area contributed by atoms with Gasteiger partial charge in [-0.15, -0.1) is 0 Å². The molecule has 1 aromatic rings. The van der Waals surface area contributed by atoms with Crippen LogP contribution < -0.4 is 0 Å². The Hall–Kier alpha value is -2.17. The largest absolute Gasteiger partial charge is 0.465 e. The zero-order valence-corrected chi connectivity index (χ0v) is 11.9. The van der Waals surface area contributed by atoms with Gasteiger partial charge in [0.25, 0.3) is 0 Å². The van der Waals surface area contributed by atoms with Crippen molar-refractivity contribution in [3.63, 3.8) is 0 Å². The van der Waals surface area contributed by atoms with Crippen LogP contribution in [0.5, 0.6) is 0 Å². The molecule has 2 saturated heterocycles. The maximum atomic E-state index is 13.4. The molecule has 2 heterocycles. The summed E-state index contributed by atoms with van der Waals surface area (Å²) in [5.74, 6) is -0.532. The van der Waals surface area contributed by atoms with Crippen LogP contribution in [0.4, 0.5) is 9.18 Å². The van der Waals surface area contributed by atoms with Gasteiger partial charge in [0.15, 0.2) is 0 Å². The molecule has 0 spiro atoms. The molecule has 2 aliphatic rings. The topological polar surface area (TPSA) is 76.8 Å². The van der Waals surface area contributed by atoms with Gasteiger partial charge in [-0.1, -0.05) is 6.07 Å². The molecule has 0 bridgehead atoms. The van der Waals surface area contributed by atoms with Crippen LogP contribution in [0.15, 0.2) is 18.2 Å². The van der Waals surface area contributed by atoms with Crippen LogP contribution >= 0.6 is 0 Å². The number of nitrogens with zero attached hydrogens (tertiary/aromatic N) is 3. The van der Waals surface area contributed by atoms with Crippen molar-refractivity contribution in [2.24, 2.45) is 0 Å². The van der Waals surface area contributed by atoms with Crippen molar-refractivity contribution in [3.05, 3.63) is 35.1 Å². The number of ether oxygens (including phenoxy) is 1.